The van der Waals surface area contributed by atoms with E-state index in [4.69, 9.17) is 118 Å². The van der Waals surface area contributed by atoms with Gasteiger partial charge in [0.2, 0.25) is 0 Å². The maximum absolute atomic E-state index is 5.90. The fourth-order valence-electron chi connectivity index (χ4n) is 17.6. The number of rotatable bonds is 49. The molecule has 0 N–H and O–H groups in total. The minimum absolute atomic E-state index is 0.0478. The molecule has 7 rings (SSSR count). The largest absolute Gasteiger partial charge is 0.376 e. The van der Waals surface area contributed by atoms with Crippen molar-refractivity contribution >= 4 is 0 Å². The van der Waals surface area contributed by atoms with Crippen LogP contribution in [0, 0.1) is 22.7 Å². The maximum atomic E-state index is 5.90. The highest BCUT2D eigenvalue weighted by Crippen LogP contribution is 2.53. The van der Waals surface area contributed by atoms with Crippen molar-refractivity contribution in [3.8, 4) is 0 Å². The van der Waals surface area contributed by atoms with E-state index in [0.29, 0.717) is 159 Å². The van der Waals surface area contributed by atoms with Crippen molar-refractivity contribution in [2.45, 2.75) is 399 Å². The lowest BCUT2D eigenvalue weighted by atomic mass is 9.59. The van der Waals surface area contributed by atoms with Crippen molar-refractivity contribution < 1.29 is 118 Å². The number of hydrogen-bond acceptors (Lipinski definition) is 25. The third-order valence-corrected chi connectivity index (χ3v) is 22.0. The van der Waals surface area contributed by atoms with E-state index in [0.717, 1.165) is 29.1 Å². The van der Waals surface area contributed by atoms with E-state index in [1.54, 1.807) is 51.4 Å². The van der Waals surface area contributed by atoms with Crippen LogP contribution in [0.25, 0.3) is 0 Å². The van der Waals surface area contributed by atoms with Gasteiger partial charge in [0.1, 0.15) is 79.4 Å². The minimum Gasteiger partial charge on any atom is -0.376 e. The summed E-state index contributed by atoms with van der Waals surface area (Å²) in [5.41, 5.74) is 1.48. The first kappa shape index (κ1) is 109. The molecule has 5 saturated heterocycles. The van der Waals surface area contributed by atoms with Gasteiger partial charge in [-0.05, 0) is 238 Å². The highest BCUT2D eigenvalue weighted by Gasteiger charge is 2.50. The Labute approximate surface area is 695 Å². The van der Waals surface area contributed by atoms with Crippen LogP contribution >= 0.6 is 0 Å². The minimum atomic E-state index is -0.514. The molecular formula is C89H176O25. The van der Waals surface area contributed by atoms with Gasteiger partial charge in [0.05, 0.1) is 32.5 Å². The molecule has 20 atom stereocenters. The molecule has 25 heteroatoms. The van der Waals surface area contributed by atoms with Crippen molar-refractivity contribution in [3.63, 3.8) is 0 Å². The van der Waals surface area contributed by atoms with Gasteiger partial charge >= 0.3 is 0 Å². The molecule has 7 aliphatic rings. The second-order valence-corrected chi connectivity index (χ2v) is 29.6. The normalized spacial score (nSPS) is 31.1. The Kier molecular flexibility index (Phi) is 64.6. The van der Waals surface area contributed by atoms with E-state index in [9.17, 15) is 0 Å². The van der Waals surface area contributed by atoms with Gasteiger partial charge < -0.3 is 118 Å². The fourth-order valence-corrected chi connectivity index (χ4v) is 17.6. The molecular weight excluding hydrogens is 1470 g/mol. The Bertz CT molecular complexity index is 1890. The molecule has 0 amide bonds. The van der Waals surface area contributed by atoms with Gasteiger partial charge in [0.25, 0.3) is 0 Å². The first-order chi connectivity index (χ1) is 55.5. The average molecular weight is 1650 g/mol. The van der Waals surface area contributed by atoms with Gasteiger partial charge in [-0.15, -0.1) is 0 Å². The zero-order valence-electron chi connectivity index (χ0n) is 76.9. The van der Waals surface area contributed by atoms with Crippen LogP contribution in [0.4, 0.5) is 0 Å². The fraction of sp³-hybridized carbons (Fsp3) is 1.00. The van der Waals surface area contributed by atoms with Crippen LogP contribution in [-0.2, 0) is 118 Å². The summed E-state index contributed by atoms with van der Waals surface area (Å²) in [5.74, 6) is 2.15. The molecule has 0 aromatic heterocycles. The Morgan fingerprint density at radius 2 is 0.430 bits per heavy atom. The molecule has 0 aromatic rings. The summed E-state index contributed by atoms with van der Waals surface area (Å²) in [6.07, 6.45) is 20.2. The van der Waals surface area contributed by atoms with Crippen molar-refractivity contribution in [1.29, 1.82) is 0 Å². The number of ether oxygens (including phenoxy) is 25. The Morgan fingerprint density at radius 1 is 0.211 bits per heavy atom. The molecule has 25 nitrogen and oxygen atoms in total. The molecule has 4 unspecified atom stereocenters. The van der Waals surface area contributed by atoms with Gasteiger partial charge in [-0.3, -0.25) is 0 Å². The molecule has 114 heavy (non-hydrogen) atoms. The highest BCUT2D eigenvalue weighted by atomic mass is 16.8. The molecule has 5 aliphatic heterocycles. The zero-order chi connectivity index (χ0) is 84.4. The summed E-state index contributed by atoms with van der Waals surface area (Å²) < 4.78 is 142. The van der Waals surface area contributed by atoms with Gasteiger partial charge in [-0.25, -0.2) is 0 Å². The topological polar surface area (TPSA) is 231 Å². The second kappa shape index (κ2) is 67.5. The third kappa shape index (κ3) is 38.4. The van der Waals surface area contributed by atoms with Crippen LogP contribution in [0.1, 0.15) is 275 Å². The lowest BCUT2D eigenvalue weighted by Crippen LogP contribution is -2.61. The molecule has 0 spiro atoms. The standard InChI is InChI=1S/C24H46.C15H30O6.3C13H26O5.C11H22O4/c1-5-13-23(14-6-2)17-9-21(10-18-23)22-11-19-24(15-7-3,16-8-4)20-12-22;1-6-16-11-12(17-7-2)14(19-9-4)21-15(20-10-5)13(11)18-8-3;3*1-5-14-10-9-18-13(17-8-4)12(16-7-3)11(10)15-6-2;1-4-12-9-7-11(14-6-3)15-8-10(9)13-5-2/h21-22H,5-20H2,1-4H3;11-15H,6-10H2,1-5H3;3*10-13H,5-9H2,1-4H3;9-11H,4-8H2,1-3H3/t;11?,12-,13+,14-,15-;10-,11+,12-,13?;10-,11-,12+,13?;10-,11-,12+,13-;9-,10+,11?/m.01110/s1. The van der Waals surface area contributed by atoms with E-state index in [-0.39, 0.29) is 111 Å². The third-order valence-electron chi connectivity index (χ3n) is 22.0. The van der Waals surface area contributed by atoms with Crippen molar-refractivity contribution in [3.05, 3.63) is 0 Å². The number of hydrogen-bond donors (Lipinski definition) is 0. The molecule has 5 heterocycles. The van der Waals surface area contributed by atoms with Crippen molar-refractivity contribution in [2.75, 3.05) is 159 Å². The lowest BCUT2D eigenvalue weighted by Gasteiger charge is -2.47. The van der Waals surface area contributed by atoms with Gasteiger partial charge in [-0.2, -0.15) is 0 Å². The lowest BCUT2D eigenvalue weighted by molar-refractivity contribution is -0.363. The molecule has 2 saturated carbocycles. The van der Waals surface area contributed by atoms with Crippen molar-refractivity contribution in [1.82, 2.24) is 0 Å². The Balaban J connectivity index is 0.000000467. The summed E-state index contributed by atoms with van der Waals surface area (Å²) in [6, 6.07) is 0. The summed E-state index contributed by atoms with van der Waals surface area (Å²) in [7, 11) is 0. The first-order valence-electron chi connectivity index (χ1n) is 45.9. The second-order valence-electron chi connectivity index (χ2n) is 29.6. The molecule has 2 aliphatic carbocycles. The monoisotopic (exact) mass is 1650 g/mol. The quantitative estimate of drug-likeness (QED) is 0.0551. The van der Waals surface area contributed by atoms with Crippen LogP contribution in [0.15, 0.2) is 0 Å². The van der Waals surface area contributed by atoms with Crippen LogP contribution in [0.3, 0.4) is 0 Å². The van der Waals surface area contributed by atoms with Gasteiger partial charge in [0.15, 0.2) is 37.7 Å². The highest BCUT2D eigenvalue weighted by molar-refractivity contribution is 4.94. The van der Waals surface area contributed by atoms with E-state index in [2.05, 4.69) is 27.7 Å². The van der Waals surface area contributed by atoms with E-state index >= 15 is 0 Å². The van der Waals surface area contributed by atoms with E-state index in [1.165, 1.54) is 51.4 Å². The van der Waals surface area contributed by atoms with Crippen molar-refractivity contribution in [2.24, 2.45) is 22.7 Å². The van der Waals surface area contributed by atoms with Crippen LogP contribution < -0.4 is 0 Å². The summed E-state index contributed by atoms with van der Waals surface area (Å²) in [5, 5.41) is 0. The first-order valence-corrected chi connectivity index (χ1v) is 45.9. The molecule has 0 bridgehead atoms. The smallest absolute Gasteiger partial charge is 0.189 e. The van der Waals surface area contributed by atoms with Crippen LogP contribution in [0.5, 0.6) is 0 Å². The molecule has 7 fully saturated rings. The van der Waals surface area contributed by atoms with E-state index < -0.39 is 12.6 Å². The molecule has 682 valence electrons. The summed E-state index contributed by atoms with van der Waals surface area (Å²) in [6.45, 7) is 62.8. The average Bonchev–Trinajstić information content (AvgIpc) is 0.795. The zero-order valence-corrected chi connectivity index (χ0v) is 76.9. The van der Waals surface area contributed by atoms with Gasteiger partial charge in [-0.1, -0.05) is 53.4 Å². The van der Waals surface area contributed by atoms with Gasteiger partial charge in [0, 0.05) is 139 Å². The Hall–Kier alpha value is -1.00. The molecule has 0 radical (unpaired) electrons. The Morgan fingerprint density at radius 3 is 0.693 bits per heavy atom. The summed E-state index contributed by atoms with van der Waals surface area (Å²) in [4.78, 5) is 0. The predicted octanol–water partition coefficient (Wildman–Crippen LogP) is 16.9. The maximum Gasteiger partial charge on any atom is 0.189 e. The molecule has 0 aromatic carbocycles. The van der Waals surface area contributed by atoms with Crippen LogP contribution in [0.2, 0.25) is 0 Å². The SMILES string of the molecule is CCCC1(CCC)CCC(C2CCC(CCC)(CCC)CC2)CC1.CCOC1C[C@H](OCC)[C@H](OCC)CO1.CCOC1OC[C@@H](OCC)[C@@H](OCC)[C@@H]1OCC.CCOC1OC[C@@H](OCC)[C@H](OCC)[C@H]1OCC.CCOC1[C@@H](OCC)[C@@H](OCC)O[C@H](OCC)[C@H]1OCC.CCO[C@@H]1OC[C@@H](OCC)[C@@H](OCC)[C@@H]1OCC. The summed E-state index contributed by atoms with van der Waals surface area (Å²) >= 11 is 0. The predicted molar refractivity (Wildman–Crippen MR) is 446 cm³/mol. The van der Waals surface area contributed by atoms with Crippen LogP contribution in [-0.4, -0.2) is 282 Å². The van der Waals surface area contributed by atoms with E-state index in [1.807, 2.05) is 138 Å².